The maximum absolute atomic E-state index is 8.94. The summed E-state index contributed by atoms with van der Waals surface area (Å²) >= 11 is 0. The van der Waals surface area contributed by atoms with Gasteiger partial charge in [-0.3, -0.25) is 5.01 Å². The molecule has 15 heavy (non-hydrogen) atoms. The Morgan fingerprint density at radius 3 is 2.13 bits per heavy atom. The van der Waals surface area contributed by atoms with Gasteiger partial charge in [0.25, 0.3) is 0 Å². The van der Waals surface area contributed by atoms with E-state index in [2.05, 4.69) is 10.3 Å². The van der Waals surface area contributed by atoms with Crippen molar-refractivity contribution in [3.8, 4) is 0 Å². The summed E-state index contributed by atoms with van der Waals surface area (Å²) in [5.74, 6) is 0. The van der Waals surface area contributed by atoms with Crippen LogP contribution in [0.5, 0.6) is 0 Å². The van der Waals surface area contributed by atoms with Gasteiger partial charge in [0.2, 0.25) is 0 Å². The van der Waals surface area contributed by atoms with E-state index in [0.717, 1.165) is 6.42 Å². The summed E-state index contributed by atoms with van der Waals surface area (Å²) in [7, 11) is 0. The molecule has 0 aromatic rings. The fourth-order valence-electron chi connectivity index (χ4n) is 1.75. The summed E-state index contributed by atoms with van der Waals surface area (Å²) in [6.07, 6.45) is 1.83. The van der Waals surface area contributed by atoms with E-state index in [-0.39, 0.29) is 19.8 Å². The van der Waals surface area contributed by atoms with E-state index < -0.39 is 5.54 Å². The molecular weight excluding hydrogens is 198 g/mol. The quantitative estimate of drug-likeness (QED) is 0.562. The summed E-state index contributed by atoms with van der Waals surface area (Å²) in [4.78, 5) is 0. The summed E-state index contributed by atoms with van der Waals surface area (Å²) < 4.78 is 0. The predicted molar refractivity (Wildman–Crippen MR) is 54.3 cm³/mol. The third-order valence-electron chi connectivity index (χ3n) is 2.73. The maximum atomic E-state index is 8.94. The molecule has 3 N–H and O–H groups in total. The van der Waals surface area contributed by atoms with E-state index in [1.165, 1.54) is 0 Å². The number of aliphatic hydroxyl groups is 3. The van der Waals surface area contributed by atoms with Crippen molar-refractivity contribution in [2.45, 2.75) is 24.8 Å². The van der Waals surface area contributed by atoms with Gasteiger partial charge in [-0.25, -0.2) is 0 Å². The molecular formula is C9H19N3O3. The maximum Gasteiger partial charge on any atom is 0.0898 e. The van der Waals surface area contributed by atoms with Gasteiger partial charge in [0.05, 0.1) is 18.7 Å². The van der Waals surface area contributed by atoms with Crippen molar-refractivity contribution in [3.63, 3.8) is 0 Å². The lowest BCUT2D eigenvalue weighted by molar-refractivity contribution is 0.107. The van der Waals surface area contributed by atoms with Crippen LogP contribution >= 0.6 is 0 Å². The Labute approximate surface area is 89.2 Å². The molecule has 0 unspecified atom stereocenters. The summed E-state index contributed by atoms with van der Waals surface area (Å²) in [5, 5.41) is 36.5. The van der Waals surface area contributed by atoms with Gasteiger partial charge < -0.3 is 15.3 Å². The minimum Gasteiger partial charge on any atom is -0.396 e. The van der Waals surface area contributed by atoms with Crippen molar-refractivity contribution in [1.29, 1.82) is 0 Å². The molecule has 0 bridgehead atoms. The van der Waals surface area contributed by atoms with Gasteiger partial charge >= 0.3 is 0 Å². The van der Waals surface area contributed by atoms with Crippen LogP contribution in [-0.4, -0.2) is 58.8 Å². The summed E-state index contributed by atoms with van der Waals surface area (Å²) in [6, 6.07) is 0. The van der Waals surface area contributed by atoms with Gasteiger partial charge in [0.15, 0.2) is 0 Å². The molecule has 6 heteroatoms. The number of nitrogens with zero attached hydrogens (tertiary/aromatic N) is 3. The SMILES string of the molecule is OCCN1CCC(CCO)(CCO)N=N1. The smallest absolute Gasteiger partial charge is 0.0898 e. The van der Waals surface area contributed by atoms with Gasteiger partial charge in [-0.2, -0.15) is 5.11 Å². The Morgan fingerprint density at radius 2 is 1.73 bits per heavy atom. The Bertz CT molecular complexity index is 205. The second-order valence-electron chi connectivity index (χ2n) is 3.79. The van der Waals surface area contributed by atoms with E-state index in [9.17, 15) is 0 Å². The highest BCUT2D eigenvalue weighted by Gasteiger charge is 2.32. The normalized spacial score (nSPS) is 19.5. The minimum atomic E-state index is -0.407. The fraction of sp³-hybridized carbons (Fsp3) is 1.00. The highest BCUT2D eigenvalue weighted by Crippen LogP contribution is 2.29. The van der Waals surface area contributed by atoms with Crippen LogP contribution in [0.15, 0.2) is 10.3 Å². The van der Waals surface area contributed by atoms with Crippen LogP contribution in [0.3, 0.4) is 0 Å². The molecule has 0 amide bonds. The zero-order valence-corrected chi connectivity index (χ0v) is 8.84. The van der Waals surface area contributed by atoms with Crippen molar-refractivity contribution in [3.05, 3.63) is 0 Å². The molecule has 0 spiro atoms. The van der Waals surface area contributed by atoms with Crippen molar-refractivity contribution in [2.75, 3.05) is 32.9 Å². The monoisotopic (exact) mass is 217 g/mol. The second kappa shape index (κ2) is 5.99. The number of rotatable bonds is 6. The molecule has 0 atom stereocenters. The average molecular weight is 217 g/mol. The third-order valence-corrected chi connectivity index (χ3v) is 2.73. The molecule has 1 rings (SSSR count). The zero-order valence-electron chi connectivity index (χ0n) is 8.84. The van der Waals surface area contributed by atoms with Crippen molar-refractivity contribution in [2.24, 2.45) is 10.3 Å². The topological polar surface area (TPSA) is 88.7 Å². The standard InChI is InChI=1S/C9H19N3O3/c13-6-2-9(3-7-14)1-4-12(5-8-15)11-10-9/h13-15H,1-8H2. The Morgan fingerprint density at radius 1 is 1.07 bits per heavy atom. The molecule has 1 aliphatic rings. The Kier molecular flexibility index (Phi) is 4.93. The first-order valence-corrected chi connectivity index (χ1v) is 5.27. The van der Waals surface area contributed by atoms with Gasteiger partial charge in [-0.15, -0.1) is 0 Å². The van der Waals surface area contributed by atoms with Crippen molar-refractivity contribution in [1.82, 2.24) is 5.01 Å². The van der Waals surface area contributed by atoms with Crippen molar-refractivity contribution < 1.29 is 15.3 Å². The lowest BCUT2D eigenvalue weighted by atomic mass is 9.88. The molecule has 0 aliphatic carbocycles. The highest BCUT2D eigenvalue weighted by molar-refractivity contribution is 4.89. The minimum absolute atomic E-state index is 0.0546. The van der Waals surface area contributed by atoms with Gasteiger partial charge in [0, 0.05) is 19.8 Å². The van der Waals surface area contributed by atoms with Crippen LogP contribution in [-0.2, 0) is 0 Å². The number of β-amino-alcohol motifs (C(OH)–C–C–N with tert-alkyl or cyclic N) is 1. The van der Waals surface area contributed by atoms with Crippen LogP contribution in [0.1, 0.15) is 19.3 Å². The van der Waals surface area contributed by atoms with Crippen LogP contribution in [0.2, 0.25) is 0 Å². The van der Waals surface area contributed by atoms with Crippen LogP contribution < -0.4 is 0 Å². The van der Waals surface area contributed by atoms with E-state index >= 15 is 0 Å². The highest BCUT2D eigenvalue weighted by atomic mass is 16.3. The summed E-state index contributed by atoms with van der Waals surface area (Å²) in [6.45, 7) is 1.37. The molecule has 0 aromatic carbocycles. The van der Waals surface area contributed by atoms with Gasteiger partial charge in [-0.1, -0.05) is 5.22 Å². The second-order valence-corrected chi connectivity index (χ2v) is 3.79. The van der Waals surface area contributed by atoms with Gasteiger partial charge in [-0.05, 0) is 19.3 Å². The molecule has 0 fully saturated rings. The van der Waals surface area contributed by atoms with Crippen molar-refractivity contribution >= 4 is 0 Å². The summed E-state index contributed by atoms with van der Waals surface area (Å²) in [5.41, 5.74) is -0.407. The average Bonchev–Trinajstić information content (AvgIpc) is 2.23. The predicted octanol–water partition coefficient (Wildman–Crippen LogP) is -0.445. The van der Waals surface area contributed by atoms with E-state index in [1.807, 2.05) is 0 Å². The Hall–Kier alpha value is -0.720. The number of hydrogen-bond donors (Lipinski definition) is 3. The van der Waals surface area contributed by atoms with Crippen LogP contribution in [0.4, 0.5) is 0 Å². The molecule has 1 heterocycles. The zero-order chi connectivity index (χ0) is 11.1. The first kappa shape index (κ1) is 12.4. The van der Waals surface area contributed by atoms with Crippen LogP contribution in [0, 0.1) is 0 Å². The molecule has 0 aromatic heterocycles. The fourth-order valence-corrected chi connectivity index (χ4v) is 1.75. The molecule has 0 saturated carbocycles. The first-order chi connectivity index (χ1) is 7.26. The Balaban J connectivity index is 2.57. The molecule has 0 radical (unpaired) electrons. The van der Waals surface area contributed by atoms with Gasteiger partial charge in [0.1, 0.15) is 0 Å². The molecule has 6 nitrogen and oxygen atoms in total. The molecule has 0 saturated heterocycles. The first-order valence-electron chi connectivity index (χ1n) is 5.27. The van der Waals surface area contributed by atoms with E-state index in [1.54, 1.807) is 5.01 Å². The van der Waals surface area contributed by atoms with E-state index in [4.69, 9.17) is 15.3 Å². The largest absolute Gasteiger partial charge is 0.396 e. The lowest BCUT2D eigenvalue weighted by Gasteiger charge is -2.34. The molecule has 1 aliphatic heterocycles. The number of hydrogen-bond acceptors (Lipinski definition) is 6. The molecule has 88 valence electrons. The third kappa shape index (κ3) is 3.40. The van der Waals surface area contributed by atoms with Crippen LogP contribution in [0.25, 0.3) is 0 Å². The lowest BCUT2D eigenvalue weighted by Crippen LogP contribution is -2.38. The van der Waals surface area contributed by atoms with E-state index in [0.29, 0.717) is 25.9 Å². The number of aliphatic hydroxyl groups excluding tert-OH is 3.